The summed E-state index contributed by atoms with van der Waals surface area (Å²) in [5.41, 5.74) is 0.725. The molecule has 0 saturated carbocycles. The smallest absolute Gasteiger partial charge is 0.316 e. The fourth-order valence-corrected chi connectivity index (χ4v) is 2.89. The van der Waals surface area contributed by atoms with E-state index in [2.05, 4.69) is 6.07 Å². The maximum Gasteiger partial charge on any atom is 0.316 e. The van der Waals surface area contributed by atoms with Crippen molar-refractivity contribution in [2.75, 3.05) is 5.75 Å². The number of hydrogen-bond donors (Lipinski definition) is 1. The van der Waals surface area contributed by atoms with Crippen molar-refractivity contribution in [1.82, 2.24) is 0 Å². The average Bonchev–Trinajstić information content (AvgIpc) is 2.43. The fourth-order valence-electron chi connectivity index (χ4n) is 1.84. The molecule has 0 bridgehead atoms. The lowest BCUT2D eigenvalue weighted by Crippen LogP contribution is -2.20. The van der Waals surface area contributed by atoms with Crippen LogP contribution in [-0.2, 0) is 11.2 Å². The maximum atomic E-state index is 11.3. The maximum absolute atomic E-state index is 11.3. The Kier molecular flexibility index (Phi) is 6.60. The lowest BCUT2D eigenvalue weighted by Gasteiger charge is -2.16. The lowest BCUT2D eigenvalue weighted by molar-refractivity contribution is -0.136. The third-order valence-electron chi connectivity index (χ3n) is 3.11. The second-order valence-electron chi connectivity index (χ2n) is 5.49. The van der Waals surface area contributed by atoms with Crippen molar-refractivity contribution in [3.8, 4) is 6.07 Å². The summed E-state index contributed by atoms with van der Waals surface area (Å²) in [6.07, 6.45) is 2.21. The Morgan fingerprint density at radius 1 is 1.40 bits per heavy atom. The SMILES string of the molecule is CC(C)(C#N)CCCSC(Cc1ccccc1)C(=O)O. The van der Waals surface area contributed by atoms with Crippen LogP contribution >= 0.6 is 11.8 Å². The number of carboxylic acid groups (broad SMARTS) is 1. The van der Waals surface area contributed by atoms with Gasteiger partial charge in [0.05, 0.1) is 11.5 Å². The molecule has 0 aliphatic rings. The summed E-state index contributed by atoms with van der Waals surface area (Å²) in [7, 11) is 0. The molecule has 0 aromatic heterocycles. The Morgan fingerprint density at radius 3 is 2.60 bits per heavy atom. The van der Waals surface area contributed by atoms with Gasteiger partial charge in [0.2, 0.25) is 0 Å². The van der Waals surface area contributed by atoms with Gasteiger partial charge in [0, 0.05) is 0 Å². The van der Waals surface area contributed by atoms with Crippen LogP contribution in [0, 0.1) is 16.7 Å². The Balaban J connectivity index is 2.41. The van der Waals surface area contributed by atoms with Gasteiger partial charge < -0.3 is 5.11 Å². The summed E-state index contributed by atoms with van der Waals surface area (Å²) >= 11 is 1.47. The van der Waals surface area contributed by atoms with Crippen LogP contribution in [0.2, 0.25) is 0 Å². The third-order valence-corrected chi connectivity index (χ3v) is 4.40. The number of carboxylic acids is 1. The molecule has 4 heteroatoms. The Morgan fingerprint density at radius 2 is 2.05 bits per heavy atom. The standard InChI is InChI=1S/C16H21NO2S/c1-16(2,12-17)9-6-10-20-14(15(18)19)11-13-7-4-3-5-8-13/h3-5,7-8,14H,6,9-11H2,1-2H3,(H,18,19). The van der Waals surface area contributed by atoms with Crippen LogP contribution in [0.25, 0.3) is 0 Å². The van der Waals surface area contributed by atoms with E-state index < -0.39 is 11.2 Å². The van der Waals surface area contributed by atoms with E-state index in [0.29, 0.717) is 6.42 Å². The molecule has 0 spiro atoms. The van der Waals surface area contributed by atoms with Crippen LogP contribution in [0.3, 0.4) is 0 Å². The van der Waals surface area contributed by atoms with E-state index in [0.717, 1.165) is 24.2 Å². The first-order valence-corrected chi connectivity index (χ1v) is 7.79. The van der Waals surface area contributed by atoms with Crippen LogP contribution in [-0.4, -0.2) is 22.1 Å². The molecule has 108 valence electrons. The molecule has 0 aliphatic heterocycles. The molecule has 20 heavy (non-hydrogen) atoms. The molecular formula is C16H21NO2S. The van der Waals surface area contributed by atoms with Crippen LogP contribution in [0.15, 0.2) is 30.3 Å². The van der Waals surface area contributed by atoms with E-state index >= 15 is 0 Å². The van der Waals surface area contributed by atoms with Gasteiger partial charge in [0.1, 0.15) is 5.25 Å². The zero-order chi connectivity index (χ0) is 15.0. The van der Waals surface area contributed by atoms with Crippen LogP contribution < -0.4 is 0 Å². The van der Waals surface area contributed by atoms with Gasteiger partial charge in [0.25, 0.3) is 0 Å². The van der Waals surface area contributed by atoms with E-state index in [1.54, 1.807) is 0 Å². The molecule has 1 aromatic carbocycles. The number of nitrogens with zero attached hydrogens (tertiary/aromatic N) is 1. The second-order valence-corrected chi connectivity index (χ2v) is 6.80. The van der Waals surface area contributed by atoms with Crippen LogP contribution in [0.5, 0.6) is 0 Å². The highest BCUT2D eigenvalue weighted by Gasteiger charge is 2.20. The highest BCUT2D eigenvalue weighted by Crippen LogP contribution is 2.24. The highest BCUT2D eigenvalue weighted by atomic mass is 32.2. The molecule has 0 amide bonds. The van der Waals surface area contributed by atoms with E-state index in [1.165, 1.54) is 11.8 Å². The van der Waals surface area contributed by atoms with Gasteiger partial charge in [-0.25, -0.2) is 0 Å². The van der Waals surface area contributed by atoms with Crippen LogP contribution in [0.1, 0.15) is 32.3 Å². The first-order chi connectivity index (χ1) is 9.44. The molecule has 0 fully saturated rings. The Bertz CT molecular complexity index is 465. The minimum atomic E-state index is -0.765. The van der Waals surface area contributed by atoms with Gasteiger partial charge in [-0.2, -0.15) is 5.26 Å². The van der Waals surface area contributed by atoms with Crippen molar-refractivity contribution >= 4 is 17.7 Å². The first-order valence-electron chi connectivity index (χ1n) is 6.74. The molecule has 0 radical (unpaired) electrons. The summed E-state index contributed by atoms with van der Waals surface area (Å²) < 4.78 is 0. The summed E-state index contributed by atoms with van der Waals surface area (Å²) in [5, 5.41) is 17.8. The molecular weight excluding hydrogens is 270 g/mol. The zero-order valence-electron chi connectivity index (χ0n) is 12.0. The number of rotatable bonds is 8. The van der Waals surface area contributed by atoms with Crippen LogP contribution in [0.4, 0.5) is 0 Å². The Hall–Kier alpha value is -1.47. The summed E-state index contributed by atoms with van der Waals surface area (Å²) in [6.45, 7) is 3.83. The second kappa shape index (κ2) is 7.96. The summed E-state index contributed by atoms with van der Waals surface area (Å²) in [4.78, 5) is 11.3. The van der Waals surface area contributed by atoms with E-state index in [1.807, 2.05) is 44.2 Å². The Labute approximate surface area is 125 Å². The molecule has 0 saturated heterocycles. The highest BCUT2D eigenvalue weighted by molar-refractivity contribution is 8.00. The molecule has 3 nitrogen and oxygen atoms in total. The van der Waals surface area contributed by atoms with Gasteiger partial charge >= 0.3 is 5.97 Å². The number of benzene rings is 1. The van der Waals surface area contributed by atoms with Crippen molar-refractivity contribution in [3.05, 3.63) is 35.9 Å². The largest absolute Gasteiger partial charge is 0.480 e. The quantitative estimate of drug-likeness (QED) is 0.741. The molecule has 1 aromatic rings. The number of hydrogen-bond acceptors (Lipinski definition) is 3. The minimum Gasteiger partial charge on any atom is -0.480 e. The lowest BCUT2D eigenvalue weighted by atomic mass is 9.90. The molecule has 1 atom stereocenters. The number of nitriles is 1. The monoisotopic (exact) mass is 291 g/mol. The summed E-state index contributed by atoms with van der Waals surface area (Å²) in [6, 6.07) is 12.0. The summed E-state index contributed by atoms with van der Waals surface area (Å²) in [5.74, 6) is 0.00735. The minimum absolute atomic E-state index is 0.321. The number of thioether (sulfide) groups is 1. The van der Waals surface area contributed by atoms with Crippen molar-refractivity contribution in [2.45, 2.75) is 38.4 Å². The number of aliphatic carboxylic acids is 1. The van der Waals surface area contributed by atoms with E-state index in [9.17, 15) is 9.90 Å². The molecule has 1 unspecified atom stereocenters. The van der Waals surface area contributed by atoms with Crippen molar-refractivity contribution in [1.29, 1.82) is 5.26 Å². The first kappa shape index (κ1) is 16.6. The van der Waals surface area contributed by atoms with Crippen molar-refractivity contribution in [3.63, 3.8) is 0 Å². The fraction of sp³-hybridized carbons (Fsp3) is 0.500. The number of carbonyl (C=O) groups is 1. The molecule has 0 aliphatic carbocycles. The predicted octanol–water partition coefficient (Wildman–Crippen LogP) is 3.75. The van der Waals surface area contributed by atoms with Gasteiger partial charge in [-0.3, -0.25) is 4.79 Å². The third kappa shape index (κ3) is 6.12. The van der Waals surface area contributed by atoms with E-state index in [4.69, 9.17) is 5.26 Å². The predicted molar refractivity (Wildman–Crippen MR) is 82.7 cm³/mol. The normalized spacial score (nSPS) is 12.7. The van der Waals surface area contributed by atoms with Gasteiger partial charge in [-0.1, -0.05) is 30.3 Å². The zero-order valence-corrected chi connectivity index (χ0v) is 12.8. The van der Waals surface area contributed by atoms with Crippen molar-refractivity contribution < 1.29 is 9.90 Å². The van der Waals surface area contributed by atoms with Gasteiger partial charge in [-0.05, 0) is 44.4 Å². The van der Waals surface area contributed by atoms with Crippen molar-refractivity contribution in [2.24, 2.45) is 5.41 Å². The molecule has 0 heterocycles. The van der Waals surface area contributed by atoms with Gasteiger partial charge in [-0.15, -0.1) is 11.8 Å². The molecule has 1 rings (SSSR count). The molecule has 1 N–H and O–H groups in total. The van der Waals surface area contributed by atoms with E-state index in [-0.39, 0.29) is 5.41 Å². The topological polar surface area (TPSA) is 61.1 Å². The van der Waals surface area contributed by atoms with Gasteiger partial charge in [0.15, 0.2) is 0 Å². The average molecular weight is 291 g/mol.